The van der Waals surface area contributed by atoms with Crippen LogP contribution in [0.2, 0.25) is 0 Å². The molecule has 1 unspecified atom stereocenters. The Morgan fingerprint density at radius 3 is 2.57 bits per heavy atom. The number of nitro groups is 1. The lowest BCUT2D eigenvalue weighted by Crippen LogP contribution is -2.26. The summed E-state index contributed by atoms with van der Waals surface area (Å²) in [6, 6.07) is 19.3. The zero-order chi connectivity index (χ0) is 30.8. The first kappa shape index (κ1) is 28.5. The van der Waals surface area contributed by atoms with Crippen LogP contribution in [-0.2, 0) is 20.8 Å². The number of aliphatic imine (C=N–C) groups is 1. The molecule has 222 valence electrons. The number of benzene rings is 3. The van der Waals surface area contributed by atoms with E-state index in [0.717, 1.165) is 24.1 Å². The van der Waals surface area contributed by atoms with E-state index in [-0.39, 0.29) is 23.4 Å². The van der Waals surface area contributed by atoms with Crippen molar-refractivity contribution in [2.45, 2.75) is 32.1 Å². The molecule has 2 aliphatic heterocycles. The van der Waals surface area contributed by atoms with Gasteiger partial charge in [0.1, 0.15) is 5.92 Å². The lowest BCUT2D eigenvalue weighted by molar-refractivity contribution is -0.384. The number of carbonyl (C=O) groups excluding carboxylic acids is 3. The predicted octanol–water partition coefficient (Wildman–Crippen LogP) is 4.96. The van der Waals surface area contributed by atoms with E-state index in [2.05, 4.69) is 20.6 Å². The van der Waals surface area contributed by atoms with Crippen LogP contribution >= 0.6 is 0 Å². The van der Waals surface area contributed by atoms with Gasteiger partial charge < -0.3 is 15.2 Å². The Bertz CT molecular complexity index is 1790. The number of imidazole rings is 1. The van der Waals surface area contributed by atoms with E-state index in [4.69, 9.17) is 4.99 Å². The number of rotatable bonds is 9. The van der Waals surface area contributed by atoms with Gasteiger partial charge in [0.2, 0.25) is 23.7 Å². The molecule has 12 heteroatoms. The molecule has 3 amide bonds. The maximum atomic E-state index is 13.3. The van der Waals surface area contributed by atoms with Gasteiger partial charge in [-0.1, -0.05) is 36.4 Å². The quantitative estimate of drug-likeness (QED) is 0.141. The van der Waals surface area contributed by atoms with Crippen LogP contribution in [0.5, 0.6) is 0 Å². The molecule has 3 N–H and O–H groups in total. The number of likely N-dealkylation sites (tertiary alicyclic amines) is 1. The zero-order valence-electron chi connectivity index (χ0n) is 23.9. The molecule has 3 aromatic carbocycles. The molecular weight excluding hydrogens is 562 g/mol. The van der Waals surface area contributed by atoms with E-state index in [1.54, 1.807) is 24.4 Å². The van der Waals surface area contributed by atoms with Crippen molar-refractivity contribution in [1.82, 2.24) is 14.9 Å². The first-order chi connectivity index (χ1) is 21.2. The fraction of sp³-hybridized carbons (Fsp3) is 0.219. The number of amides is 3. The number of nitrogens with one attached hydrogen (secondary N) is 3. The Hall–Kier alpha value is -5.65. The smallest absolute Gasteiger partial charge is 0.269 e. The summed E-state index contributed by atoms with van der Waals surface area (Å²) in [5.41, 5.74) is 5.17. The highest BCUT2D eigenvalue weighted by atomic mass is 16.6. The van der Waals surface area contributed by atoms with Crippen LogP contribution in [0.3, 0.4) is 0 Å². The second-order valence-corrected chi connectivity index (χ2v) is 10.8. The van der Waals surface area contributed by atoms with Gasteiger partial charge in [-0.2, -0.15) is 0 Å². The summed E-state index contributed by atoms with van der Waals surface area (Å²) in [6.07, 6.45) is 3.81. The van der Waals surface area contributed by atoms with Crippen LogP contribution in [0.25, 0.3) is 11.3 Å². The SMILES string of the molecule is CC(=O)Nc1ncc(-c2ccc(N=C(c3ccc(CCN4CCCC4=O)cc3)C3C(=O)Nc4ccc([N+](=O)[O-])cc43)cc2)[nH]1. The van der Waals surface area contributed by atoms with E-state index in [9.17, 15) is 24.5 Å². The number of nitro benzene ring substituents is 1. The lowest BCUT2D eigenvalue weighted by atomic mass is 9.90. The summed E-state index contributed by atoms with van der Waals surface area (Å²) in [6.45, 7) is 2.83. The number of aromatic nitrogens is 2. The van der Waals surface area contributed by atoms with Crippen LogP contribution in [0.4, 0.5) is 23.0 Å². The Balaban J connectivity index is 1.33. The van der Waals surface area contributed by atoms with E-state index in [1.807, 2.05) is 41.3 Å². The normalized spacial score (nSPS) is 16.2. The molecule has 0 spiro atoms. The molecule has 6 rings (SSSR count). The number of nitrogens with zero attached hydrogens (tertiary/aromatic N) is 4. The first-order valence-corrected chi connectivity index (χ1v) is 14.2. The molecule has 1 saturated heterocycles. The highest BCUT2D eigenvalue weighted by molar-refractivity contribution is 6.24. The van der Waals surface area contributed by atoms with Gasteiger partial charge in [-0.15, -0.1) is 0 Å². The third kappa shape index (κ3) is 5.95. The molecule has 1 atom stereocenters. The van der Waals surface area contributed by atoms with Crippen LogP contribution in [-0.4, -0.2) is 56.3 Å². The maximum absolute atomic E-state index is 13.3. The van der Waals surface area contributed by atoms with E-state index in [1.165, 1.54) is 19.1 Å². The minimum atomic E-state index is -0.870. The van der Waals surface area contributed by atoms with Crippen molar-refractivity contribution in [2.75, 3.05) is 23.7 Å². The van der Waals surface area contributed by atoms with Gasteiger partial charge in [-0.3, -0.25) is 34.8 Å². The standard InChI is InChI=1S/C32H29N7O5/c1-19(40)34-32-33-18-27(37-32)21-8-10-23(11-9-21)35-30(29-25-17-24(39(43)44)12-13-26(25)36-31(29)42)22-6-4-20(5-7-22)14-16-38-15-2-3-28(38)41/h4-13,17-18,29H,2-3,14-16H2,1H3,(H,36,42)(H2,33,34,37,40). The van der Waals surface area contributed by atoms with E-state index < -0.39 is 10.8 Å². The van der Waals surface area contributed by atoms with Crippen molar-refractivity contribution in [1.29, 1.82) is 0 Å². The molecule has 44 heavy (non-hydrogen) atoms. The third-order valence-electron chi connectivity index (χ3n) is 7.74. The molecule has 1 fully saturated rings. The van der Waals surface area contributed by atoms with Crippen LogP contribution < -0.4 is 10.6 Å². The van der Waals surface area contributed by atoms with Crippen molar-refractivity contribution in [3.8, 4) is 11.3 Å². The van der Waals surface area contributed by atoms with Gasteiger partial charge in [-0.05, 0) is 47.7 Å². The van der Waals surface area contributed by atoms with E-state index in [0.29, 0.717) is 59.2 Å². The molecule has 2 aliphatic rings. The molecule has 0 radical (unpaired) electrons. The summed E-state index contributed by atoms with van der Waals surface area (Å²) in [4.78, 5) is 61.8. The summed E-state index contributed by atoms with van der Waals surface area (Å²) in [5.74, 6) is -0.906. The molecule has 0 bridgehead atoms. The predicted molar refractivity (Wildman–Crippen MR) is 165 cm³/mol. The molecule has 0 saturated carbocycles. The molecule has 4 aromatic rings. The third-order valence-corrected chi connectivity index (χ3v) is 7.74. The van der Waals surface area contributed by atoms with Crippen LogP contribution in [0.15, 0.2) is 77.9 Å². The Morgan fingerprint density at radius 1 is 1.11 bits per heavy atom. The minimum absolute atomic E-state index is 0.112. The Kier molecular flexibility index (Phi) is 7.71. The number of aromatic amines is 1. The van der Waals surface area contributed by atoms with Crippen molar-refractivity contribution in [3.05, 3.63) is 99.7 Å². The number of non-ortho nitro benzene ring substituents is 1. The number of fused-ring (bicyclic) bond motifs is 1. The number of anilines is 2. The molecule has 0 aliphatic carbocycles. The van der Waals surface area contributed by atoms with Crippen molar-refractivity contribution in [2.24, 2.45) is 4.99 Å². The highest BCUT2D eigenvalue weighted by Gasteiger charge is 2.36. The van der Waals surface area contributed by atoms with Crippen molar-refractivity contribution in [3.63, 3.8) is 0 Å². The molecular formula is C32H29N7O5. The van der Waals surface area contributed by atoms with Crippen LogP contribution in [0, 0.1) is 10.1 Å². The molecule has 12 nitrogen and oxygen atoms in total. The van der Waals surface area contributed by atoms with Crippen molar-refractivity contribution < 1.29 is 19.3 Å². The summed E-state index contributed by atoms with van der Waals surface area (Å²) in [7, 11) is 0. The molecule has 3 heterocycles. The number of H-pyrrole nitrogens is 1. The summed E-state index contributed by atoms with van der Waals surface area (Å²) < 4.78 is 0. The second kappa shape index (κ2) is 11.9. The first-order valence-electron chi connectivity index (χ1n) is 14.2. The average molecular weight is 592 g/mol. The van der Waals surface area contributed by atoms with Crippen molar-refractivity contribution >= 4 is 46.4 Å². The van der Waals surface area contributed by atoms with Gasteiger partial charge in [0, 0.05) is 49.8 Å². The lowest BCUT2D eigenvalue weighted by Gasteiger charge is -2.16. The maximum Gasteiger partial charge on any atom is 0.269 e. The molecule has 1 aromatic heterocycles. The van der Waals surface area contributed by atoms with Gasteiger partial charge in [0.05, 0.1) is 28.2 Å². The number of hydrogen-bond acceptors (Lipinski definition) is 7. The van der Waals surface area contributed by atoms with Gasteiger partial charge in [0.15, 0.2) is 0 Å². The number of carbonyl (C=O) groups is 3. The second-order valence-electron chi connectivity index (χ2n) is 10.8. The minimum Gasteiger partial charge on any atom is -0.342 e. The van der Waals surface area contributed by atoms with Gasteiger partial charge >= 0.3 is 0 Å². The topological polar surface area (TPSA) is 163 Å². The number of hydrogen-bond donors (Lipinski definition) is 3. The van der Waals surface area contributed by atoms with E-state index >= 15 is 0 Å². The van der Waals surface area contributed by atoms with Crippen LogP contribution in [0.1, 0.15) is 42.4 Å². The Morgan fingerprint density at radius 2 is 1.89 bits per heavy atom. The highest BCUT2D eigenvalue weighted by Crippen LogP contribution is 2.38. The average Bonchev–Trinajstić information content (AvgIpc) is 3.73. The summed E-state index contributed by atoms with van der Waals surface area (Å²) in [5, 5.41) is 17.0. The van der Waals surface area contributed by atoms with Gasteiger partial charge in [0.25, 0.3) is 5.69 Å². The monoisotopic (exact) mass is 591 g/mol. The Labute approximate surface area is 252 Å². The fourth-order valence-corrected chi connectivity index (χ4v) is 5.53. The van der Waals surface area contributed by atoms with Gasteiger partial charge in [-0.25, -0.2) is 4.98 Å². The largest absolute Gasteiger partial charge is 0.342 e. The zero-order valence-corrected chi connectivity index (χ0v) is 23.9. The summed E-state index contributed by atoms with van der Waals surface area (Å²) >= 11 is 0. The fourth-order valence-electron chi connectivity index (χ4n) is 5.53.